The van der Waals surface area contributed by atoms with E-state index in [1.165, 1.54) is 24.4 Å². The van der Waals surface area contributed by atoms with E-state index in [2.05, 4.69) is 26.2 Å². The summed E-state index contributed by atoms with van der Waals surface area (Å²) in [5.41, 5.74) is -0.946. The molecule has 7 heteroatoms. The first-order valence-electron chi connectivity index (χ1n) is 5.46. The summed E-state index contributed by atoms with van der Waals surface area (Å²) in [5.74, 6) is -0.387. The number of hydrogen-bond donors (Lipinski definition) is 1. The summed E-state index contributed by atoms with van der Waals surface area (Å²) in [5, 5.41) is 2.43. The number of alkyl halides is 3. The van der Waals surface area contributed by atoms with Crippen LogP contribution in [0.2, 0.25) is 0 Å². The van der Waals surface area contributed by atoms with Crippen LogP contribution in [0.5, 0.6) is 0 Å². The SMILES string of the molecule is O=C(Nc1ccc(Br)cn1)c1cccc(C(F)(F)F)c1. The van der Waals surface area contributed by atoms with Crippen LogP contribution in [0.15, 0.2) is 47.1 Å². The molecule has 2 aromatic rings. The normalized spacial score (nSPS) is 11.2. The Balaban J connectivity index is 2.19. The molecule has 104 valence electrons. The Morgan fingerprint density at radius 2 is 1.95 bits per heavy atom. The number of pyridine rings is 1. The third kappa shape index (κ3) is 3.57. The summed E-state index contributed by atoms with van der Waals surface area (Å²) in [4.78, 5) is 15.8. The second-order valence-corrected chi connectivity index (χ2v) is 4.81. The van der Waals surface area contributed by atoms with E-state index < -0.39 is 17.6 Å². The molecule has 0 aliphatic carbocycles. The Hall–Kier alpha value is -1.89. The quantitative estimate of drug-likeness (QED) is 0.890. The first kappa shape index (κ1) is 14.5. The Morgan fingerprint density at radius 3 is 2.55 bits per heavy atom. The third-order valence-corrected chi connectivity index (χ3v) is 2.89. The van der Waals surface area contributed by atoms with Gasteiger partial charge in [-0.3, -0.25) is 4.79 Å². The first-order chi connectivity index (χ1) is 9.36. The average Bonchev–Trinajstić information content (AvgIpc) is 2.40. The van der Waals surface area contributed by atoms with Gasteiger partial charge in [0.1, 0.15) is 5.82 Å². The smallest absolute Gasteiger partial charge is 0.307 e. The van der Waals surface area contributed by atoms with Crippen LogP contribution in [-0.4, -0.2) is 10.9 Å². The van der Waals surface area contributed by atoms with E-state index in [9.17, 15) is 18.0 Å². The molecule has 0 saturated carbocycles. The Labute approximate surface area is 121 Å². The molecule has 1 N–H and O–H groups in total. The van der Waals surface area contributed by atoms with Crippen LogP contribution in [-0.2, 0) is 6.18 Å². The highest BCUT2D eigenvalue weighted by molar-refractivity contribution is 9.10. The summed E-state index contributed by atoms with van der Waals surface area (Å²) in [6.07, 6.45) is -3.01. The summed E-state index contributed by atoms with van der Waals surface area (Å²) in [6.45, 7) is 0. The van der Waals surface area contributed by atoms with Gasteiger partial charge in [0.25, 0.3) is 5.91 Å². The third-order valence-electron chi connectivity index (χ3n) is 2.42. The Morgan fingerprint density at radius 1 is 1.20 bits per heavy atom. The van der Waals surface area contributed by atoms with Crippen molar-refractivity contribution in [2.24, 2.45) is 0 Å². The predicted octanol–water partition coefficient (Wildman–Crippen LogP) is 4.12. The number of halogens is 4. The maximum Gasteiger partial charge on any atom is 0.416 e. The van der Waals surface area contributed by atoms with E-state index in [0.717, 1.165) is 16.6 Å². The van der Waals surface area contributed by atoms with Crippen molar-refractivity contribution in [3.63, 3.8) is 0 Å². The van der Waals surface area contributed by atoms with Crippen molar-refractivity contribution in [1.82, 2.24) is 4.98 Å². The average molecular weight is 345 g/mol. The summed E-state index contributed by atoms with van der Waals surface area (Å²) in [7, 11) is 0. The van der Waals surface area contributed by atoms with Crippen molar-refractivity contribution in [3.05, 3.63) is 58.2 Å². The number of aromatic nitrogens is 1. The van der Waals surface area contributed by atoms with Crippen LogP contribution in [0.4, 0.5) is 19.0 Å². The lowest BCUT2D eigenvalue weighted by molar-refractivity contribution is -0.137. The van der Waals surface area contributed by atoms with Gasteiger partial charge in [0.15, 0.2) is 0 Å². The van der Waals surface area contributed by atoms with Gasteiger partial charge in [0, 0.05) is 16.2 Å². The van der Waals surface area contributed by atoms with Crippen LogP contribution in [0.3, 0.4) is 0 Å². The fourth-order valence-corrected chi connectivity index (χ4v) is 1.71. The lowest BCUT2D eigenvalue weighted by atomic mass is 10.1. The molecule has 0 fully saturated rings. The maximum absolute atomic E-state index is 12.6. The highest BCUT2D eigenvalue weighted by atomic mass is 79.9. The molecule has 3 nitrogen and oxygen atoms in total. The lowest BCUT2D eigenvalue weighted by Gasteiger charge is -2.09. The number of rotatable bonds is 2. The molecule has 0 spiro atoms. The largest absolute Gasteiger partial charge is 0.416 e. The molecular formula is C13H8BrF3N2O. The number of anilines is 1. The van der Waals surface area contributed by atoms with E-state index in [1.807, 2.05) is 0 Å². The van der Waals surface area contributed by atoms with E-state index >= 15 is 0 Å². The molecule has 2 rings (SSSR count). The number of carbonyl (C=O) groups is 1. The number of nitrogens with one attached hydrogen (secondary N) is 1. The Bertz CT molecular complexity index is 626. The van der Waals surface area contributed by atoms with Crippen LogP contribution < -0.4 is 5.32 Å². The van der Waals surface area contributed by atoms with Crippen molar-refractivity contribution in [3.8, 4) is 0 Å². The van der Waals surface area contributed by atoms with Crippen molar-refractivity contribution in [1.29, 1.82) is 0 Å². The van der Waals surface area contributed by atoms with Gasteiger partial charge >= 0.3 is 6.18 Å². The minimum absolute atomic E-state index is 0.0791. The molecule has 1 heterocycles. The standard InChI is InChI=1S/C13H8BrF3N2O/c14-10-4-5-11(18-7-10)19-12(20)8-2-1-3-9(6-8)13(15,16)17/h1-7H,(H,18,19,20). The molecule has 1 aromatic carbocycles. The molecule has 20 heavy (non-hydrogen) atoms. The zero-order chi connectivity index (χ0) is 14.8. The number of amides is 1. The lowest BCUT2D eigenvalue weighted by Crippen LogP contribution is -2.14. The molecule has 0 bridgehead atoms. The number of hydrogen-bond acceptors (Lipinski definition) is 2. The van der Waals surface area contributed by atoms with Gasteiger partial charge < -0.3 is 5.32 Å². The zero-order valence-corrected chi connectivity index (χ0v) is 11.5. The zero-order valence-electron chi connectivity index (χ0n) is 9.91. The highest BCUT2D eigenvalue weighted by Crippen LogP contribution is 2.29. The molecule has 0 unspecified atom stereocenters. The number of benzene rings is 1. The molecule has 1 aromatic heterocycles. The van der Waals surface area contributed by atoms with Gasteiger partial charge in [-0.15, -0.1) is 0 Å². The number of carbonyl (C=O) groups excluding carboxylic acids is 1. The van der Waals surface area contributed by atoms with Crippen molar-refractivity contribution in [2.75, 3.05) is 5.32 Å². The van der Waals surface area contributed by atoms with Crippen LogP contribution in [0.25, 0.3) is 0 Å². The minimum atomic E-state index is -4.48. The summed E-state index contributed by atoms with van der Waals surface area (Å²) < 4.78 is 38.4. The fourth-order valence-electron chi connectivity index (χ4n) is 1.48. The molecule has 0 atom stereocenters. The van der Waals surface area contributed by atoms with Crippen LogP contribution in [0, 0.1) is 0 Å². The van der Waals surface area contributed by atoms with Crippen molar-refractivity contribution < 1.29 is 18.0 Å². The van der Waals surface area contributed by atoms with Crippen LogP contribution >= 0.6 is 15.9 Å². The Kier molecular flexibility index (Phi) is 4.08. The van der Waals surface area contributed by atoms with E-state index in [1.54, 1.807) is 6.07 Å². The molecule has 0 saturated heterocycles. The second-order valence-electron chi connectivity index (χ2n) is 3.89. The highest BCUT2D eigenvalue weighted by Gasteiger charge is 2.30. The predicted molar refractivity (Wildman–Crippen MR) is 71.3 cm³/mol. The van der Waals surface area contributed by atoms with Gasteiger partial charge in [-0.1, -0.05) is 6.07 Å². The second kappa shape index (κ2) is 5.62. The summed E-state index contributed by atoms with van der Waals surface area (Å²) in [6, 6.07) is 7.41. The van der Waals surface area contributed by atoms with Crippen molar-refractivity contribution >= 4 is 27.7 Å². The van der Waals surface area contributed by atoms with E-state index in [0.29, 0.717) is 0 Å². The molecule has 1 amide bonds. The van der Waals surface area contributed by atoms with E-state index in [-0.39, 0.29) is 11.4 Å². The number of nitrogens with zero attached hydrogens (tertiary/aromatic N) is 1. The molecule has 0 aliphatic heterocycles. The van der Waals surface area contributed by atoms with Gasteiger partial charge in [0.2, 0.25) is 0 Å². The first-order valence-corrected chi connectivity index (χ1v) is 6.26. The maximum atomic E-state index is 12.6. The van der Waals surface area contributed by atoms with E-state index in [4.69, 9.17) is 0 Å². The van der Waals surface area contributed by atoms with Crippen molar-refractivity contribution in [2.45, 2.75) is 6.18 Å². The molecule has 0 aliphatic rings. The van der Waals surface area contributed by atoms with Gasteiger partial charge in [-0.05, 0) is 46.3 Å². The van der Waals surface area contributed by atoms with Gasteiger partial charge in [0.05, 0.1) is 5.56 Å². The topological polar surface area (TPSA) is 42.0 Å². The fraction of sp³-hybridized carbons (Fsp3) is 0.0769. The minimum Gasteiger partial charge on any atom is -0.307 e. The monoisotopic (exact) mass is 344 g/mol. The molecular weight excluding hydrogens is 337 g/mol. The molecule has 0 radical (unpaired) electrons. The van der Waals surface area contributed by atoms with Gasteiger partial charge in [-0.2, -0.15) is 13.2 Å². The van der Waals surface area contributed by atoms with Crippen LogP contribution in [0.1, 0.15) is 15.9 Å². The van der Waals surface area contributed by atoms with Gasteiger partial charge in [-0.25, -0.2) is 4.98 Å². The summed E-state index contributed by atoms with van der Waals surface area (Å²) >= 11 is 3.19.